The number of phenols is 2. The standard InChI is InChI=1S/C20H12F3OS.C20H16OS.C20H18OS.C16H18F3OS.C13H10F3S.C12H27S/c21-20(22,23)13-10-11-18-16(12-13)19(24)15-8-4-5-9-17(15)25(18)14-6-2-1-3-7-14;1-13-11-15(12-14(2)20(13)21)22-18-9-5-3-7-16(18)17-8-4-6-10-19(17)22;1-15-13-19(14-16(2)20(15)21)22(17-9-5-3-6-10-17)18-11-7-4-8-12-18;1-11-9-14(10-12(2)15(11)20-3)21(16(17,18)19)13-7-5-4-6-8-13;14-13(15,16)17(11-7-3-1-4-8-11)12-9-5-2-6-10-12;1-4-7-10-13(11-8-5-2)12-9-6-3/h1-12H;3-12H,1-2H3;3-14H,1-2H3;4-9,14H,10H2,1-3H3;1-10H;4-12H2,1-3H3/q+1;;;3*+1/p+2. The molecule has 0 bridgehead atoms. The summed E-state index contributed by atoms with van der Waals surface area (Å²) in [5.41, 5.74) is -4.22. The molecule has 14 aromatic rings. The van der Waals surface area contributed by atoms with Gasteiger partial charge in [-0.05, 0) is 239 Å². The van der Waals surface area contributed by atoms with Gasteiger partial charge in [-0.15, -0.1) is 26.3 Å². The molecule has 0 radical (unpaired) electrons. The summed E-state index contributed by atoms with van der Waals surface area (Å²) in [4.78, 5) is 19.8. The second-order valence-corrected chi connectivity index (χ2v) is 41.5. The minimum absolute atomic E-state index is 0.0805. The number of aryl methyl sites for hydroxylation is 4. The maximum absolute atomic E-state index is 13.6. The van der Waals surface area contributed by atoms with E-state index < -0.39 is 60.3 Å². The smallest absolute Gasteiger partial charge is 0.507 e. The van der Waals surface area contributed by atoms with Crippen LogP contribution in [0, 0.1) is 27.7 Å². The number of unbranched alkanes of at least 4 members (excludes halogenated alkanes) is 3. The van der Waals surface area contributed by atoms with Crippen LogP contribution < -0.4 is 5.43 Å². The van der Waals surface area contributed by atoms with Crippen LogP contribution in [0.1, 0.15) is 107 Å². The van der Waals surface area contributed by atoms with E-state index in [1.54, 1.807) is 99.0 Å². The highest BCUT2D eigenvalue weighted by Gasteiger charge is 2.57. The summed E-state index contributed by atoms with van der Waals surface area (Å²) in [5.74, 6) is 6.05. The van der Waals surface area contributed by atoms with E-state index in [1.807, 2.05) is 89.2 Å². The number of methoxy groups -OCH3 is 1. The first-order valence-electron chi connectivity index (χ1n) is 39.9. The van der Waals surface area contributed by atoms with Crippen molar-refractivity contribution < 1.29 is 54.5 Å². The Balaban J connectivity index is 0.000000153. The van der Waals surface area contributed by atoms with Crippen molar-refractivity contribution in [1.29, 1.82) is 0 Å². The molecule has 2 heterocycles. The van der Waals surface area contributed by atoms with Crippen molar-refractivity contribution in [1.82, 2.24) is 0 Å². The van der Waals surface area contributed by atoms with Crippen molar-refractivity contribution in [2.75, 3.05) is 24.4 Å². The molecule has 12 aromatic carbocycles. The van der Waals surface area contributed by atoms with Crippen LogP contribution in [0.2, 0.25) is 0 Å². The predicted octanol–water partition coefficient (Wildman–Crippen LogP) is 30.3. The Morgan fingerprint density at radius 2 is 0.750 bits per heavy atom. The fraction of sp³-hybridized carbons (Fsp3) is 0.238. The molecule has 0 amide bonds. The molecule has 0 spiro atoms. The number of benzene rings is 12. The largest absolute Gasteiger partial charge is 0.586 e. The topological polar surface area (TPSA) is 66.8 Å². The van der Waals surface area contributed by atoms with Gasteiger partial charge in [0.1, 0.15) is 45.4 Å². The quantitative estimate of drug-likeness (QED) is 0.0481. The van der Waals surface area contributed by atoms with E-state index in [2.05, 4.69) is 142 Å². The van der Waals surface area contributed by atoms with Gasteiger partial charge in [0, 0.05) is 62.4 Å². The lowest BCUT2D eigenvalue weighted by Crippen LogP contribution is -2.35. The Kier molecular flexibility index (Phi) is 33.8. The molecule has 19 heteroatoms. The second kappa shape index (κ2) is 43.8. The Labute approximate surface area is 716 Å². The molecule has 1 aliphatic rings. The molecule has 0 saturated heterocycles. The molecule has 3 atom stereocenters. The first kappa shape index (κ1) is 92.7. The van der Waals surface area contributed by atoms with Crippen LogP contribution in [-0.4, -0.2) is 50.8 Å². The number of aromatic hydroxyl groups is 2. The summed E-state index contributed by atoms with van der Waals surface area (Å²) < 4.78 is 129. The van der Waals surface area contributed by atoms with Gasteiger partial charge in [-0.1, -0.05) is 186 Å². The number of hydrogen-bond acceptors (Lipinski definition) is 4. The van der Waals surface area contributed by atoms with Crippen molar-refractivity contribution in [3.8, 4) is 21.3 Å². The van der Waals surface area contributed by atoms with E-state index in [0.717, 1.165) is 66.0 Å². The third-order valence-corrected chi connectivity index (χ3v) is 33.5. The van der Waals surface area contributed by atoms with Gasteiger partial charge >= 0.3 is 17.2 Å². The van der Waals surface area contributed by atoms with Crippen molar-refractivity contribution in [2.24, 2.45) is 0 Å². The summed E-state index contributed by atoms with van der Waals surface area (Å²) in [6.07, 6.45) is 6.10. The Hall–Kier alpha value is -9.60. The van der Waals surface area contributed by atoms with Crippen LogP contribution >= 0.6 is 20.9 Å². The lowest BCUT2D eigenvalue weighted by atomic mass is 9.99. The van der Waals surface area contributed by atoms with Gasteiger partial charge in [0.15, 0.2) is 74.1 Å². The zero-order chi connectivity index (χ0) is 86.3. The molecule has 1 aliphatic carbocycles. The first-order valence-corrected chi connectivity index (χ1v) is 47.8. The van der Waals surface area contributed by atoms with E-state index in [4.69, 9.17) is 4.74 Å². The summed E-state index contributed by atoms with van der Waals surface area (Å²) in [6, 6.07) is 91.3. The third-order valence-electron chi connectivity index (χ3n) is 20.0. The molecular formula is C101H103F9O4S6+6. The SMILES string of the molecule is CCCC[S+](CCCC)CCCC.COC1=C(C)CC([S+](c2ccccc2)C(F)(F)F)C=C1C.Cc1cc(-[s+]2c3ccccc3c3ccccc32)cc(C)c1O.Cc1cc([S+](c2ccccc2)c2ccccc2)cc(C)c1O.FC(F)(F)[S+](c1ccccc1)c1ccccc1.O=c1c2ccccc2[s+](-c2ccccc2)c2ccc(C(F)(F)F)cc12. The van der Waals surface area contributed by atoms with Crippen LogP contribution in [0.4, 0.5) is 39.5 Å². The zero-order valence-electron chi connectivity index (χ0n) is 69.1. The first-order chi connectivity index (χ1) is 57.6. The average Bonchev–Trinajstić information content (AvgIpc) is 1.21. The molecule has 15 rings (SSSR count). The van der Waals surface area contributed by atoms with E-state index in [-0.39, 0.29) is 32.2 Å². The van der Waals surface area contributed by atoms with E-state index in [0.29, 0.717) is 48.5 Å². The Bertz CT molecular complexity index is 5560. The number of alkyl halides is 9. The van der Waals surface area contributed by atoms with Crippen LogP contribution in [0.25, 0.3) is 50.1 Å². The zero-order valence-corrected chi connectivity index (χ0v) is 74.0. The number of hydrogen-bond donors (Lipinski definition) is 2. The molecule has 0 aliphatic heterocycles. The summed E-state index contributed by atoms with van der Waals surface area (Å²) in [6.45, 7) is 18.4. The summed E-state index contributed by atoms with van der Waals surface area (Å²) in [5, 5.41) is 22.8. The van der Waals surface area contributed by atoms with Crippen LogP contribution in [-0.2, 0) is 54.5 Å². The highest BCUT2D eigenvalue weighted by Crippen LogP contribution is 2.51. The number of fused-ring (bicyclic) bond motifs is 5. The van der Waals surface area contributed by atoms with Crippen LogP contribution in [0.3, 0.4) is 0 Å². The molecule has 624 valence electrons. The molecule has 120 heavy (non-hydrogen) atoms. The minimum atomic E-state index is -4.47. The average molecular weight is 1740 g/mol. The molecule has 2 aromatic heterocycles. The Morgan fingerprint density at radius 1 is 0.392 bits per heavy atom. The highest BCUT2D eigenvalue weighted by molar-refractivity contribution is 7.98. The maximum Gasteiger partial charge on any atom is 0.586 e. The number of allylic oxidation sites excluding steroid dienone is 2. The van der Waals surface area contributed by atoms with Crippen molar-refractivity contribution >= 4 is 105 Å². The van der Waals surface area contributed by atoms with Gasteiger partial charge < -0.3 is 14.9 Å². The third kappa shape index (κ3) is 24.0. The van der Waals surface area contributed by atoms with Crippen LogP contribution in [0.15, 0.2) is 354 Å². The molecule has 4 nitrogen and oxygen atoms in total. The van der Waals surface area contributed by atoms with Crippen molar-refractivity contribution in [2.45, 2.75) is 159 Å². The van der Waals surface area contributed by atoms with Crippen molar-refractivity contribution in [3.63, 3.8) is 0 Å². The van der Waals surface area contributed by atoms with Gasteiger partial charge in [-0.3, -0.25) is 4.79 Å². The van der Waals surface area contributed by atoms with E-state index in [1.165, 1.54) is 126 Å². The number of halogens is 9. The van der Waals surface area contributed by atoms with Gasteiger partial charge in [0.2, 0.25) is 5.43 Å². The lowest BCUT2D eigenvalue weighted by Gasteiger charge is -2.24. The molecular weight excluding hydrogens is 1640 g/mol. The summed E-state index contributed by atoms with van der Waals surface area (Å²) >= 11 is 0. The van der Waals surface area contributed by atoms with Gasteiger partial charge in [-0.2, -0.15) is 13.2 Å². The number of phenolic OH excluding ortho intramolecular Hbond substituents is 2. The second-order valence-electron chi connectivity index (χ2n) is 28.9. The number of rotatable bonds is 19. The molecule has 3 unspecified atom stereocenters. The molecule has 0 saturated carbocycles. The Morgan fingerprint density at radius 3 is 1.14 bits per heavy atom. The van der Waals surface area contributed by atoms with Crippen molar-refractivity contribution in [3.05, 3.63) is 358 Å². The van der Waals surface area contributed by atoms with Gasteiger partial charge in [-0.25, -0.2) is 0 Å². The highest BCUT2D eigenvalue weighted by atomic mass is 32.2. The predicted molar refractivity (Wildman–Crippen MR) is 495 cm³/mol. The normalized spacial score (nSPS) is 13.3. The number of ether oxygens (including phenoxy) is 1. The fourth-order valence-electron chi connectivity index (χ4n) is 14.2. The number of thiophene rings is 1. The van der Waals surface area contributed by atoms with Gasteiger partial charge in [0.05, 0.1) is 34.3 Å². The van der Waals surface area contributed by atoms with E-state index in [9.17, 15) is 54.5 Å². The maximum atomic E-state index is 13.6. The minimum Gasteiger partial charge on any atom is -0.507 e. The summed E-state index contributed by atoms with van der Waals surface area (Å²) in [7, 11) is -2.19. The molecule has 0 fully saturated rings. The lowest BCUT2D eigenvalue weighted by molar-refractivity contribution is -0.137. The van der Waals surface area contributed by atoms with Crippen LogP contribution in [0.5, 0.6) is 11.5 Å². The fourth-order valence-corrected chi connectivity index (χ4v) is 27.9. The van der Waals surface area contributed by atoms with E-state index >= 15 is 0 Å². The van der Waals surface area contributed by atoms with Gasteiger partial charge in [0.25, 0.3) is 0 Å². The monoisotopic (exact) mass is 1740 g/mol. The molecule has 2 N–H and O–H groups in total.